The summed E-state index contributed by atoms with van der Waals surface area (Å²) in [4.78, 5) is 20.6. The number of benzene rings is 1. The lowest BCUT2D eigenvalue weighted by molar-refractivity contribution is 0.0624. The molecule has 1 fully saturated rings. The molecule has 0 unspecified atom stereocenters. The molecule has 2 heterocycles. The largest absolute Gasteiger partial charge is 0.336 e. The van der Waals surface area contributed by atoms with Crippen molar-refractivity contribution in [3.05, 3.63) is 51.5 Å². The standard InChI is InChI=1S/C16H17F2N3OS/c1-11-10-23-15(19-11)9-20-4-6-21(7-5-20)16(22)13-3-2-12(17)8-14(13)18/h2-3,8,10H,4-7,9H2,1H3. The number of nitrogens with zero attached hydrogens (tertiary/aromatic N) is 3. The lowest BCUT2D eigenvalue weighted by Crippen LogP contribution is -2.48. The minimum atomic E-state index is -0.810. The number of thiazole rings is 1. The number of carbonyl (C=O) groups excluding carboxylic acids is 1. The SMILES string of the molecule is Cc1csc(CN2CCN(C(=O)c3ccc(F)cc3F)CC2)n1. The molecule has 0 radical (unpaired) electrons. The van der Waals surface area contributed by atoms with E-state index in [1.807, 2.05) is 12.3 Å². The van der Waals surface area contributed by atoms with Gasteiger partial charge < -0.3 is 4.90 Å². The summed E-state index contributed by atoms with van der Waals surface area (Å²) in [5, 5.41) is 3.08. The normalized spacial score (nSPS) is 15.9. The molecule has 0 atom stereocenters. The first-order valence-corrected chi connectivity index (χ1v) is 8.28. The second-order valence-electron chi connectivity index (χ2n) is 5.58. The Hall–Kier alpha value is -1.86. The molecule has 7 heteroatoms. The van der Waals surface area contributed by atoms with Crippen LogP contribution in [-0.2, 0) is 6.54 Å². The highest BCUT2D eigenvalue weighted by molar-refractivity contribution is 7.09. The lowest BCUT2D eigenvalue weighted by Gasteiger charge is -2.34. The predicted octanol–water partition coefficient (Wildman–Crippen LogP) is 2.69. The van der Waals surface area contributed by atoms with E-state index in [1.54, 1.807) is 16.2 Å². The Balaban J connectivity index is 1.59. The first-order chi connectivity index (χ1) is 11.0. The molecular formula is C16H17F2N3OS. The van der Waals surface area contributed by atoms with E-state index in [1.165, 1.54) is 6.07 Å². The molecule has 23 heavy (non-hydrogen) atoms. The quantitative estimate of drug-likeness (QED) is 0.864. The van der Waals surface area contributed by atoms with Crippen molar-refractivity contribution in [3.8, 4) is 0 Å². The van der Waals surface area contributed by atoms with Gasteiger partial charge in [0, 0.05) is 43.3 Å². The van der Waals surface area contributed by atoms with E-state index < -0.39 is 11.6 Å². The summed E-state index contributed by atoms with van der Waals surface area (Å²) < 4.78 is 26.7. The van der Waals surface area contributed by atoms with Gasteiger partial charge in [-0.1, -0.05) is 0 Å². The number of aromatic nitrogens is 1. The molecule has 0 bridgehead atoms. The molecule has 3 rings (SSSR count). The first kappa shape index (κ1) is 16.0. The summed E-state index contributed by atoms with van der Waals surface area (Å²) in [5.74, 6) is -1.87. The van der Waals surface area contributed by atoms with Gasteiger partial charge >= 0.3 is 0 Å². The van der Waals surface area contributed by atoms with E-state index in [-0.39, 0.29) is 11.5 Å². The average molecular weight is 337 g/mol. The average Bonchev–Trinajstić information content (AvgIpc) is 2.92. The lowest BCUT2D eigenvalue weighted by atomic mass is 10.1. The third-order valence-corrected chi connectivity index (χ3v) is 4.80. The van der Waals surface area contributed by atoms with E-state index in [4.69, 9.17) is 0 Å². The summed E-state index contributed by atoms with van der Waals surface area (Å²) in [6, 6.07) is 3.06. The van der Waals surface area contributed by atoms with Gasteiger partial charge in [-0.15, -0.1) is 11.3 Å². The third-order valence-electron chi connectivity index (χ3n) is 3.85. The molecule has 1 aromatic heterocycles. The zero-order chi connectivity index (χ0) is 16.4. The van der Waals surface area contributed by atoms with Crippen molar-refractivity contribution in [1.29, 1.82) is 0 Å². The first-order valence-electron chi connectivity index (χ1n) is 7.40. The smallest absolute Gasteiger partial charge is 0.256 e. The van der Waals surface area contributed by atoms with Crippen molar-refractivity contribution in [2.24, 2.45) is 0 Å². The zero-order valence-corrected chi connectivity index (χ0v) is 13.6. The summed E-state index contributed by atoms with van der Waals surface area (Å²) in [5.41, 5.74) is 0.945. The molecule has 1 aliphatic heterocycles. The maximum absolute atomic E-state index is 13.7. The highest BCUT2D eigenvalue weighted by Crippen LogP contribution is 2.16. The number of halogens is 2. The highest BCUT2D eigenvalue weighted by Gasteiger charge is 2.24. The highest BCUT2D eigenvalue weighted by atomic mass is 32.1. The molecular weight excluding hydrogens is 320 g/mol. The number of amides is 1. The van der Waals surface area contributed by atoms with Crippen LogP contribution in [0.3, 0.4) is 0 Å². The number of aryl methyl sites for hydroxylation is 1. The Morgan fingerprint density at radius 2 is 2.00 bits per heavy atom. The second kappa shape index (κ2) is 6.72. The van der Waals surface area contributed by atoms with E-state index in [0.29, 0.717) is 26.2 Å². The van der Waals surface area contributed by atoms with Crippen LogP contribution in [0.15, 0.2) is 23.6 Å². The summed E-state index contributed by atoms with van der Waals surface area (Å²) in [6.45, 7) is 5.22. The molecule has 122 valence electrons. The molecule has 1 amide bonds. The molecule has 1 aromatic carbocycles. The number of carbonyl (C=O) groups is 1. The van der Waals surface area contributed by atoms with Crippen LogP contribution < -0.4 is 0 Å². The third kappa shape index (κ3) is 3.73. The fourth-order valence-corrected chi connectivity index (χ4v) is 3.42. The van der Waals surface area contributed by atoms with Gasteiger partial charge in [0.1, 0.15) is 16.6 Å². The fraction of sp³-hybridized carbons (Fsp3) is 0.375. The van der Waals surface area contributed by atoms with Crippen LogP contribution in [0, 0.1) is 18.6 Å². The van der Waals surface area contributed by atoms with Crippen molar-refractivity contribution in [1.82, 2.24) is 14.8 Å². The van der Waals surface area contributed by atoms with Gasteiger partial charge in [-0.05, 0) is 19.1 Å². The molecule has 1 aliphatic rings. The van der Waals surface area contributed by atoms with E-state index in [0.717, 1.165) is 29.4 Å². The molecule has 1 saturated heterocycles. The maximum atomic E-state index is 13.7. The Morgan fingerprint density at radius 1 is 1.26 bits per heavy atom. The van der Waals surface area contributed by atoms with Gasteiger partial charge in [0.05, 0.1) is 12.1 Å². The van der Waals surface area contributed by atoms with Crippen LogP contribution in [-0.4, -0.2) is 46.9 Å². The van der Waals surface area contributed by atoms with Crippen molar-refractivity contribution >= 4 is 17.2 Å². The van der Waals surface area contributed by atoms with Crippen molar-refractivity contribution in [2.45, 2.75) is 13.5 Å². The van der Waals surface area contributed by atoms with Gasteiger partial charge in [0.2, 0.25) is 0 Å². The fourth-order valence-electron chi connectivity index (χ4n) is 2.61. The molecule has 0 aliphatic carbocycles. The van der Waals surface area contributed by atoms with Gasteiger partial charge in [0.25, 0.3) is 5.91 Å². The van der Waals surface area contributed by atoms with Crippen molar-refractivity contribution in [2.75, 3.05) is 26.2 Å². The minimum absolute atomic E-state index is 0.0737. The molecule has 4 nitrogen and oxygen atoms in total. The van der Waals surface area contributed by atoms with Gasteiger partial charge in [-0.3, -0.25) is 9.69 Å². The van der Waals surface area contributed by atoms with Gasteiger partial charge in [0.15, 0.2) is 0 Å². The second-order valence-corrected chi connectivity index (χ2v) is 6.52. The predicted molar refractivity (Wildman–Crippen MR) is 84.4 cm³/mol. The van der Waals surface area contributed by atoms with Crippen LogP contribution in [0.5, 0.6) is 0 Å². The van der Waals surface area contributed by atoms with Crippen LogP contribution >= 0.6 is 11.3 Å². The van der Waals surface area contributed by atoms with Crippen molar-refractivity contribution in [3.63, 3.8) is 0 Å². The van der Waals surface area contributed by atoms with Crippen LogP contribution in [0.1, 0.15) is 21.1 Å². The number of rotatable bonds is 3. The van der Waals surface area contributed by atoms with Gasteiger partial charge in [-0.2, -0.15) is 0 Å². The molecule has 0 spiro atoms. The van der Waals surface area contributed by atoms with E-state index in [2.05, 4.69) is 9.88 Å². The van der Waals surface area contributed by atoms with E-state index in [9.17, 15) is 13.6 Å². The molecule has 2 aromatic rings. The maximum Gasteiger partial charge on any atom is 0.256 e. The Kier molecular flexibility index (Phi) is 4.68. The Labute approximate surface area is 137 Å². The Morgan fingerprint density at radius 3 is 2.61 bits per heavy atom. The van der Waals surface area contributed by atoms with Crippen LogP contribution in [0.25, 0.3) is 0 Å². The Bertz CT molecular complexity index is 711. The monoisotopic (exact) mass is 337 g/mol. The zero-order valence-electron chi connectivity index (χ0n) is 12.8. The van der Waals surface area contributed by atoms with Crippen LogP contribution in [0.2, 0.25) is 0 Å². The van der Waals surface area contributed by atoms with Crippen molar-refractivity contribution < 1.29 is 13.6 Å². The number of hydrogen-bond donors (Lipinski definition) is 0. The summed E-state index contributed by atoms with van der Waals surface area (Å²) >= 11 is 1.63. The number of piperazine rings is 1. The summed E-state index contributed by atoms with van der Waals surface area (Å²) in [6.07, 6.45) is 0. The number of hydrogen-bond acceptors (Lipinski definition) is 4. The van der Waals surface area contributed by atoms with E-state index >= 15 is 0 Å². The minimum Gasteiger partial charge on any atom is -0.336 e. The summed E-state index contributed by atoms with van der Waals surface area (Å²) in [7, 11) is 0. The topological polar surface area (TPSA) is 36.4 Å². The van der Waals surface area contributed by atoms with Gasteiger partial charge in [-0.25, -0.2) is 13.8 Å². The molecule has 0 saturated carbocycles. The molecule has 0 N–H and O–H groups in total. The van der Waals surface area contributed by atoms with Crippen LogP contribution in [0.4, 0.5) is 8.78 Å².